The van der Waals surface area contributed by atoms with E-state index in [1.807, 2.05) is 47.0 Å². The zero-order valence-corrected chi connectivity index (χ0v) is 9.08. The number of nitrogens with zero attached hydrogens (tertiary/aromatic N) is 2. The van der Waals surface area contributed by atoms with Crippen LogP contribution in [0.4, 0.5) is 0 Å². The zero-order chi connectivity index (χ0) is 11.7. The lowest BCUT2D eigenvalue weighted by Crippen LogP contribution is -1.86. The SMILES string of the molecule is O=Cc1ccc2nc(-c3ccccc3)cn2c1. The highest BCUT2D eigenvalue weighted by atomic mass is 16.1. The molecule has 3 nitrogen and oxygen atoms in total. The van der Waals surface area contributed by atoms with Gasteiger partial charge >= 0.3 is 0 Å². The van der Waals surface area contributed by atoms with E-state index in [1.165, 1.54) is 0 Å². The van der Waals surface area contributed by atoms with E-state index in [1.54, 1.807) is 12.3 Å². The second-order valence-corrected chi connectivity index (χ2v) is 3.84. The molecule has 0 saturated heterocycles. The van der Waals surface area contributed by atoms with Gasteiger partial charge in [0, 0.05) is 23.5 Å². The summed E-state index contributed by atoms with van der Waals surface area (Å²) in [4.78, 5) is 15.2. The fraction of sp³-hybridized carbons (Fsp3) is 0. The standard InChI is InChI=1S/C14H10N2O/c17-10-11-6-7-14-15-13(9-16(14)8-11)12-4-2-1-3-5-12/h1-10H. The van der Waals surface area contributed by atoms with Gasteiger partial charge in [-0.05, 0) is 12.1 Å². The summed E-state index contributed by atoms with van der Waals surface area (Å²) in [5, 5.41) is 0. The van der Waals surface area contributed by atoms with Crippen molar-refractivity contribution in [2.24, 2.45) is 0 Å². The molecule has 0 radical (unpaired) electrons. The van der Waals surface area contributed by atoms with Crippen molar-refractivity contribution in [2.75, 3.05) is 0 Å². The minimum atomic E-state index is 0.648. The summed E-state index contributed by atoms with van der Waals surface area (Å²) < 4.78 is 1.87. The summed E-state index contributed by atoms with van der Waals surface area (Å²) in [6, 6.07) is 13.6. The van der Waals surface area contributed by atoms with Gasteiger partial charge in [-0.25, -0.2) is 4.98 Å². The molecule has 0 atom stereocenters. The Morgan fingerprint density at radius 1 is 1.00 bits per heavy atom. The van der Waals surface area contributed by atoms with Gasteiger partial charge in [0.25, 0.3) is 0 Å². The predicted molar refractivity (Wildman–Crippen MR) is 66.0 cm³/mol. The third kappa shape index (κ3) is 1.72. The van der Waals surface area contributed by atoms with Crippen LogP contribution in [0.25, 0.3) is 16.9 Å². The lowest BCUT2D eigenvalue weighted by molar-refractivity contribution is 0.112. The number of aromatic nitrogens is 2. The minimum Gasteiger partial charge on any atom is -0.306 e. The Kier molecular flexibility index (Phi) is 2.22. The number of rotatable bonds is 2. The highest BCUT2D eigenvalue weighted by molar-refractivity contribution is 5.75. The topological polar surface area (TPSA) is 34.4 Å². The van der Waals surface area contributed by atoms with Crippen LogP contribution in [0.1, 0.15) is 10.4 Å². The largest absolute Gasteiger partial charge is 0.306 e. The molecule has 3 aromatic rings. The molecular weight excluding hydrogens is 212 g/mol. The quantitative estimate of drug-likeness (QED) is 0.625. The lowest BCUT2D eigenvalue weighted by Gasteiger charge is -1.92. The van der Waals surface area contributed by atoms with Crippen LogP contribution in [0, 0.1) is 0 Å². The molecule has 2 heterocycles. The van der Waals surface area contributed by atoms with E-state index in [4.69, 9.17) is 0 Å². The molecule has 0 saturated carbocycles. The molecule has 82 valence electrons. The van der Waals surface area contributed by atoms with Crippen molar-refractivity contribution in [1.82, 2.24) is 9.38 Å². The molecule has 0 aliphatic carbocycles. The Morgan fingerprint density at radius 3 is 2.59 bits per heavy atom. The number of imidazole rings is 1. The van der Waals surface area contributed by atoms with Gasteiger partial charge in [-0.3, -0.25) is 4.79 Å². The van der Waals surface area contributed by atoms with E-state index >= 15 is 0 Å². The van der Waals surface area contributed by atoms with Crippen molar-refractivity contribution < 1.29 is 4.79 Å². The summed E-state index contributed by atoms with van der Waals surface area (Å²) in [6.07, 6.45) is 4.54. The number of fused-ring (bicyclic) bond motifs is 1. The Hall–Kier alpha value is -2.42. The Bertz CT molecular complexity index is 671. The third-order valence-corrected chi connectivity index (χ3v) is 2.68. The van der Waals surface area contributed by atoms with Gasteiger partial charge in [0.05, 0.1) is 5.69 Å². The summed E-state index contributed by atoms with van der Waals surface area (Å²) in [5.41, 5.74) is 3.47. The maximum absolute atomic E-state index is 10.7. The number of hydrogen-bond donors (Lipinski definition) is 0. The molecule has 17 heavy (non-hydrogen) atoms. The van der Waals surface area contributed by atoms with Crippen LogP contribution in [-0.2, 0) is 0 Å². The number of pyridine rings is 1. The van der Waals surface area contributed by atoms with Crippen LogP contribution >= 0.6 is 0 Å². The van der Waals surface area contributed by atoms with Crippen molar-refractivity contribution in [2.45, 2.75) is 0 Å². The highest BCUT2D eigenvalue weighted by Gasteiger charge is 2.03. The molecule has 1 aromatic carbocycles. The molecule has 0 spiro atoms. The van der Waals surface area contributed by atoms with E-state index in [0.29, 0.717) is 5.56 Å². The van der Waals surface area contributed by atoms with Gasteiger partial charge in [-0.1, -0.05) is 30.3 Å². The fourth-order valence-electron chi connectivity index (χ4n) is 1.83. The van der Waals surface area contributed by atoms with Gasteiger partial charge in [0.1, 0.15) is 5.65 Å². The average Bonchev–Trinajstić information content (AvgIpc) is 2.82. The molecule has 0 aliphatic rings. The average molecular weight is 222 g/mol. The molecular formula is C14H10N2O. The molecule has 0 N–H and O–H groups in total. The van der Waals surface area contributed by atoms with Crippen LogP contribution in [-0.4, -0.2) is 15.7 Å². The monoisotopic (exact) mass is 222 g/mol. The van der Waals surface area contributed by atoms with Gasteiger partial charge in [0.15, 0.2) is 6.29 Å². The molecule has 0 aliphatic heterocycles. The summed E-state index contributed by atoms with van der Waals surface area (Å²) in [7, 11) is 0. The van der Waals surface area contributed by atoms with E-state index in [-0.39, 0.29) is 0 Å². The van der Waals surface area contributed by atoms with Crippen LogP contribution in [0.3, 0.4) is 0 Å². The van der Waals surface area contributed by atoms with Gasteiger partial charge in [-0.2, -0.15) is 0 Å². The maximum atomic E-state index is 10.7. The van der Waals surface area contributed by atoms with E-state index in [9.17, 15) is 4.79 Å². The zero-order valence-electron chi connectivity index (χ0n) is 9.08. The van der Waals surface area contributed by atoms with E-state index < -0.39 is 0 Å². The summed E-state index contributed by atoms with van der Waals surface area (Å²) in [6.45, 7) is 0. The fourth-order valence-corrected chi connectivity index (χ4v) is 1.83. The number of carbonyl (C=O) groups excluding carboxylic acids is 1. The Morgan fingerprint density at radius 2 is 1.82 bits per heavy atom. The molecule has 0 fully saturated rings. The smallest absolute Gasteiger partial charge is 0.151 e. The second kappa shape index (κ2) is 3.87. The second-order valence-electron chi connectivity index (χ2n) is 3.84. The van der Waals surface area contributed by atoms with Crippen molar-refractivity contribution in [1.29, 1.82) is 0 Å². The summed E-state index contributed by atoms with van der Waals surface area (Å²) >= 11 is 0. The van der Waals surface area contributed by atoms with Crippen molar-refractivity contribution in [3.63, 3.8) is 0 Å². The third-order valence-electron chi connectivity index (χ3n) is 2.68. The first-order chi connectivity index (χ1) is 8.36. The Balaban J connectivity index is 2.17. The molecule has 0 unspecified atom stereocenters. The minimum absolute atomic E-state index is 0.648. The predicted octanol–water partition coefficient (Wildman–Crippen LogP) is 2.81. The van der Waals surface area contributed by atoms with Crippen molar-refractivity contribution >= 4 is 11.9 Å². The molecule has 3 heteroatoms. The molecule has 0 amide bonds. The number of carbonyl (C=O) groups is 1. The van der Waals surface area contributed by atoms with Gasteiger partial charge in [-0.15, -0.1) is 0 Å². The van der Waals surface area contributed by atoms with Crippen LogP contribution in [0.5, 0.6) is 0 Å². The molecule has 3 rings (SSSR count). The lowest BCUT2D eigenvalue weighted by atomic mass is 10.2. The summed E-state index contributed by atoms with van der Waals surface area (Å²) in [5.74, 6) is 0. The van der Waals surface area contributed by atoms with Crippen LogP contribution < -0.4 is 0 Å². The molecule has 0 bridgehead atoms. The van der Waals surface area contributed by atoms with Gasteiger partial charge in [0.2, 0.25) is 0 Å². The van der Waals surface area contributed by atoms with Crippen LogP contribution in [0.2, 0.25) is 0 Å². The van der Waals surface area contributed by atoms with E-state index in [2.05, 4.69) is 4.98 Å². The molecule has 2 aromatic heterocycles. The van der Waals surface area contributed by atoms with Crippen molar-refractivity contribution in [3.05, 3.63) is 60.4 Å². The van der Waals surface area contributed by atoms with Crippen molar-refractivity contribution in [3.8, 4) is 11.3 Å². The number of benzene rings is 1. The first-order valence-corrected chi connectivity index (χ1v) is 5.36. The van der Waals surface area contributed by atoms with Gasteiger partial charge < -0.3 is 4.40 Å². The normalized spacial score (nSPS) is 10.6. The first kappa shape index (κ1) is 9.78. The maximum Gasteiger partial charge on any atom is 0.151 e. The number of hydrogen-bond acceptors (Lipinski definition) is 2. The highest BCUT2D eigenvalue weighted by Crippen LogP contribution is 2.18. The number of aldehydes is 1. The Labute approximate surface area is 98.4 Å². The van der Waals surface area contributed by atoms with E-state index in [0.717, 1.165) is 23.2 Å². The van der Waals surface area contributed by atoms with Crippen LogP contribution in [0.15, 0.2) is 54.9 Å². The first-order valence-electron chi connectivity index (χ1n) is 5.36.